The Morgan fingerprint density at radius 1 is 1.00 bits per heavy atom. The third kappa shape index (κ3) is 3.64. The summed E-state index contributed by atoms with van der Waals surface area (Å²) in [4.78, 5) is 30.2. The number of thiophene rings is 1. The van der Waals surface area contributed by atoms with Gasteiger partial charge in [0.15, 0.2) is 0 Å². The minimum absolute atomic E-state index is 0.0676. The summed E-state index contributed by atoms with van der Waals surface area (Å²) in [6.07, 6.45) is -3.54. The summed E-state index contributed by atoms with van der Waals surface area (Å²) < 4.78 is 39.6. The average Bonchev–Trinajstić information content (AvgIpc) is 3.26. The topological polar surface area (TPSA) is 40.6 Å². The van der Waals surface area contributed by atoms with E-state index in [0.29, 0.717) is 35.5 Å². The van der Waals surface area contributed by atoms with Gasteiger partial charge in [-0.1, -0.05) is 26.0 Å². The van der Waals surface area contributed by atoms with Crippen molar-refractivity contribution in [2.75, 3.05) is 18.0 Å². The van der Waals surface area contributed by atoms with Gasteiger partial charge in [-0.2, -0.15) is 13.2 Å². The Morgan fingerprint density at radius 3 is 2.30 bits per heavy atom. The minimum Gasteiger partial charge on any atom is -0.366 e. The lowest BCUT2D eigenvalue weighted by molar-refractivity contribution is -0.137. The minimum atomic E-state index is -4.56. The zero-order valence-corrected chi connectivity index (χ0v) is 17.4. The van der Waals surface area contributed by atoms with Crippen molar-refractivity contribution in [2.45, 2.75) is 26.4 Å². The molecule has 30 heavy (non-hydrogen) atoms. The number of anilines is 1. The van der Waals surface area contributed by atoms with Crippen LogP contribution in [-0.4, -0.2) is 29.8 Å². The highest BCUT2D eigenvalue weighted by molar-refractivity contribution is 7.11. The number of likely N-dealkylation sites (tertiary alicyclic amines) is 1. The molecule has 0 spiro atoms. The van der Waals surface area contributed by atoms with Crippen molar-refractivity contribution in [1.82, 2.24) is 4.90 Å². The molecular formula is C22H21F3N2O2S. The van der Waals surface area contributed by atoms with Gasteiger partial charge < -0.3 is 4.90 Å². The molecule has 3 heterocycles. The van der Waals surface area contributed by atoms with Crippen molar-refractivity contribution in [3.8, 4) is 0 Å². The van der Waals surface area contributed by atoms with E-state index in [0.717, 1.165) is 23.5 Å². The number of rotatable bonds is 3. The number of hydrogen-bond acceptors (Lipinski definition) is 4. The molecule has 0 aliphatic carbocycles. The predicted octanol–water partition coefficient (Wildman–Crippen LogP) is 5.03. The molecule has 0 saturated carbocycles. The molecule has 0 radical (unpaired) electrons. The fourth-order valence-electron chi connectivity index (χ4n) is 4.36. The summed E-state index contributed by atoms with van der Waals surface area (Å²) >= 11 is 1.34. The van der Waals surface area contributed by atoms with Crippen molar-refractivity contribution in [2.24, 2.45) is 11.8 Å². The number of nitrogens with zero attached hydrogens (tertiary/aromatic N) is 2. The SMILES string of the molecule is CC1CC(C)CN(C2=C(c3cccs3)C(=O)N(c3cccc(C(F)(F)F)c3)C2=O)C1. The monoisotopic (exact) mass is 434 g/mol. The maximum absolute atomic E-state index is 13.4. The largest absolute Gasteiger partial charge is 0.416 e. The van der Waals surface area contributed by atoms with Gasteiger partial charge in [-0.3, -0.25) is 9.59 Å². The van der Waals surface area contributed by atoms with E-state index in [-0.39, 0.29) is 11.3 Å². The van der Waals surface area contributed by atoms with Gasteiger partial charge in [0.25, 0.3) is 11.8 Å². The molecule has 2 aromatic rings. The van der Waals surface area contributed by atoms with Crippen molar-refractivity contribution in [3.05, 3.63) is 57.9 Å². The Kier molecular flexibility index (Phi) is 5.22. The quantitative estimate of drug-likeness (QED) is 0.637. The first-order chi connectivity index (χ1) is 14.2. The normalized spacial score (nSPS) is 23.0. The van der Waals surface area contributed by atoms with Crippen LogP contribution in [0, 0.1) is 11.8 Å². The van der Waals surface area contributed by atoms with E-state index in [1.807, 2.05) is 10.3 Å². The van der Waals surface area contributed by atoms with Gasteiger partial charge in [0.05, 0.1) is 16.8 Å². The second-order valence-corrected chi connectivity index (χ2v) is 8.99. The van der Waals surface area contributed by atoms with Crippen LogP contribution in [0.15, 0.2) is 47.5 Å². The molecule has 158 valence electrons. The number of piperidine rings is 1. The molecule has 1 aromatic carbocycles. The Hall–Kier alpha value is -2.61. The molecule has 2 unspecified atom stereocenters. The molecule has 1 fully saturated rings. The number of carbonyl (C=O) groups excluding carboxylic acids is 2. The average molecular weight is 434 g/mol. The van der Waals surface area contributed by atoms with Crippen LogP contribution >= 0.6 is 11.3 Å². The summed E-state index contributed by atoms with van der Waals surface area (Å²) in [5.41, 5.74) is -0.402. The fourth-order valence-corrected chi connectivity index (χ4v) is 5.12. The van der Waals surface area contributed by atoms with E-state index in [2.05, 4.69) is 13.8 Å². The Bertz CT molecular complexity index is 1000. The highest BCUT2D eigenvalue weighted by Crippen LogP contribution is 2.40. The smallest absolute Gasteiger partial charge is 0.366 e. The molecular weight excluding hydrogens is 413 g/mol. The molecule has 8 heteroatoms. The van der Waals surface area contributed by atoms with Crippen molar-refractivity contribution >= 4 is 34.4 Å². The molecule has 2 aliphatic heterocycles. The van der Waals surface area contributed by atoms with Crippen molar-refractivity contribution < 1.29 is 22.8 Å². The standard InChI is InChI=1S/C22H21F3N2O2S/c1-13-9-14(2)12-26(11-13)19-18(17-7-4-8-30-17)20(28)27(21(19)29)16-6-3-5-15(10-16)22(23,24)25/h3-8,10,13-14H,9,11-12H2,1-2H3. The van der Waals surface area contributed by atoms with E-state index in [1.165, 1.54) is 23.5 Å². The summed E-state index contributed by atoms with van der Waals surface area (Å²) in [7, 11) is 0. The fraction of sp³-hybridized carbons (Fsp3) is 0.364. The van der Waals surface area contributed by atoms with E-state index < -0.39 is 23.6 Å². The van der Waals surface area contributed by atoms with Gasteiger partial charge in [0.1, 0.15) is 5.70 Å². The van der Waals surface area contributed by atoms with Crippen molar-refractivity contribution in [3.63, 3.8) is 0 Å². The predicted molar refractivity (Wildman–Crippen MR) is 110 cm³/mol. The first-order valence-electron chi connectivity index (χ1n) is 9.76. The van der Waals surface area contributed by atoms with Crippen molar-refractivity contribution in [1.29, 1.82) is 0 Å². The van der Waals surface area contributed by atoms with Crippen LogP contribution < -0.4 is 4.90 Å². The first kappa shape index (κ1) is 20.7. The third-order valence-electron chi connectivity index (χ3n) is 5.44. The van der Waals surface area contributed by atoms with E-state index in [9.17, 15) is 22.8 Å². The lowest BCUT2D eigenvalue weighted by Gasteiger charge is -2.37. The molecule has 4 nitrogen and oxygen atoms in total. The van der Waals surface area contributed by atoms with Crippen LogP contribution in [0.5, 0.6) is 0 Å². The maximum Gasteiger partial charge on any atom is 0.416 e. The third-order valence-corrected chi connectivity index (χ3v) is 6.33. The lowest BCUT2D eigenvalue weighted by Crippen LogP contribution is -2.42. The highest BCUT2D eigenvalue weighted by Gasteiger charge is 2.44. The van der Waals surface area contributed by atoms with Gasteiger partial charge in [-0.25, -0.2) is 4.90 Å². The Labute approximate surface area is 176 Å². The van der Waals surface area contributed by atoms with Gasteiger partial charge in [0, 0.05) is 18.0 Å². The summed E-state index contributed by atoms with van der Waals surface area (Å²) in [6, 6.07) is 7.91. The van der Waals surface area contributed by atoms with Crippen LogP contribution in [-0.2, 0) is 15.8 Å². The second-order valence-electron chi connectivity index (χ2n) is 8.05. The molecule has 1 aromatic heterocycles. The van der Waals surface area contributed by atoms with Gasteiger partial charge >= 0.3 is 6.18 Å². The molecule has 4 rings (SSSR count). The summed E-state index contributed by atoms with van der Waals surface area (Å²) in [5.74, 6) is -0.459. The highest BCUT2D eigenvalue weighted by atomic mass is 32.1. The molecule has 2 atom stereocenters. The molecule has 2 aliphatic rings. The summed E-state index contributed by atoms with van der Waals surface area (Å²) in [6.45, 7) is 5.45. The number of imide groups is 1. The van der Waals surface area contributed by atoms with Crippen LogP contribution in [0.2, 0.25) is 0 Å². The molecule has 0 bridgehead atoms. The Morgan fingerprint density at radius 2 is 1.70 bits per heavy atom. The molecule has 2 amide bonds. The van der Waals surface area contributed by atoms with Crippen LogP contribution in [0.1, 0.15) is 30.7 Å². The lowest BCUT2D eigenvalue weighted by atomic mass is 9.91. The van der Waals surface area contributed by atoms with E-state index >= 15 is 0 Å². The van der Waals surface area contributed by atoms with Crippen LogP contribution in [0.4, 0.5) is 18.9 Å². The first-order valence-corrected chi connectivity index (χ1v) is 10.6. The number of amides is 2. The molecule has 0 N–H and O–H groups in total. The van der Waals surface area contributed by atoms with Gasteiger partial charge in [0.2, 0.25) is 0 Å². The Balaban J connectivity index is 1.80. The number of halogens is 3. The zero-order valence-electron chi connectivity index (χ0n) is 16.6. The van der Waals surface area contributed by atoms with Crippen LogP contribution in [0.3, 0.4) is 0 Å². The zero-order chi connectivity index (χ0) is 21.6. The van der Waals surface area contributed by atoms with E-state index in [4.69, 9.17) is 0 Å². The second kappa shape index (κ2) is 7.58. The molecule has 1 saturated heterocycles. The number of alkyl halides is 3. The maximum atomic E-state index is 13.4. The van der Waals surface area contributed by atoms with Crippen LogP contribution in [0.25, 0.3) is 5.57 Å². The summed E-state index contributed by atoms with van der Waals surface area (Å²) in [5, 5.41) is 1.81. The van der Waals surface area contributed by atoms with Gasteiger partial charge in [-0.05, 0) is 47.9 Å². The van der Waals surface area contributed by atoms with Gasteiger partial charge in [-0.15, -0.1) is 11.3 Å². The number of hydrogen-bond donors (Lipinski definition) is 0. The van der Waals surface area contributed by atoms with E-state index in [1.54, 1.807) is 12.1 Å². The number of carbonyl (C=O) groups is 2. The number of benzene rings is 1.